The van der Waals surface area contributed by atoms with Crippen LogP contribution < -0.4 is 4.90 Å². The normalized spacial score (nSPS) is 20.1. The molecule has 17 rings (SSSR count). The van der Waals surface area contributed by atoms with Gasteiger partial charge in [0.1, 0.15) is 22.5 Å². The molecule has 10 aromatic carbocycles. The first kappa shape index (κ1) is 47.6. The first-order chi connectivity index (χ1) is 40.7. The second-order valence-corrected chi connectivity index (χ2v) is 23.5. The lowest BCUT2D eigenvalue weighted by molar-refractivity contribution is 0.383. The van der Waals surface area contributed by atoms with E-state index >= 15 is 0 Å². The highest BCUT2D eigenvalue weighted by Crippen LogP contribution is 2.72. The molecule has 0 N–H and O–H groups in total. The molecule has 6 nitrogen and oxygen atoms in total. The predicted molar refractivity (Wildman–Crippen MR) is 337 cm³/mol. The topological polar surface area (TPSA) is 68.2 Å². The zero-order chi connectivity index (χ0) is 55.3. The standard InChI is InChI=1S/C77H54N4O2/c1-46-67-57-31-15-19-36-64(57)83-71(67)76(3)60-33-16-18-35-63(60)81-62-34-17-14-30-56(62)61-45-75(2,69(46)70(76)77(61,81)4)55-38-39-65-59(44-55)68-58(32-21-37-66(68)82-65)74-79-72(49-26-12-7-13-27-49)78-73(80-74)51-29-20-28-50(40-51)54-42-52(47-22-8-5-9-23-47)41-53(43-54)48-24-10-6-11-25-48/h5-46H,1-4H3. The quantitative estimate of drug-likeness (QED) is 0.148. The summed E-state index contributed by atoms with van der Waals surface area (Å²) in [4.78, 5) is 18.7. The zero-order valence-corrected chi connectivity index (χ0v) is 46.4. The average molecular weight is 1070 g/mol. The Morgan fingerprint density at radius 1 is 0.422 bits per heavy atom. The number of para-hydroxylation sites is 3. The molecule has 5 heterocycles. The van der Waals surface area contributed by atoms with Crippen molar-refractivity contribution in [1.82, 2.24) is 15.0 Å². The summed E-state index contributed by atoms with van der Waals surface area (Å²) in [5.41, 5.74) is 21.8. The van der Waals surface area contributed by atoms with Gasteiger partial charge in [-0.1, -0.05) is 195 Å². The monoisotopic (exact) mass is 1070 g/mol. The second-order valence-electron chi connectivity index (χ2n) is 23.5. The molecular formula is C77H54N4O2. The van der Waals surface area contributed by atoms with E-state index in [4.69, 9.17) is 23.8 Å². The number of aromatic nitrogens is 3. The van der Waals surface area contributed by atoms with Gasteiger partial charge in [0, 0.05) is 66.7 Å². The van der Waals surface area contributed by atoms with Crippen molar-refractivity contribution in [3.05, 3.63) is 288 Å². The minimum absolute atomic E-state index is 0.0109. The zero-order valence-electron chi connectivity index (χ0n) is 46.4. The van der Waals surface area contributed by atoms with Crippen LogP contribution in [-0.4, -0.2) is 20.5 Å². The summed E-state index contributed by atoms with van der Waals surface area (Å²) in [6, 6.07) is 86.8. The fraction of sp³-hybridized carbons (Fsp3) is 0.104. The van der Waals surface area contributed by atoms with Crippen LogP contribution in [0.4, 0.5) is 11.4 Å². The lowest BCUT2D eigenvalue weighted by Crippen LogP contribution is -2.58. The van der Waals surface area contributed by atoms with Crippen LogP contribution in [0.5, 0.6) is 0 Å². The Bertz CT molecular complexity index is 4880. The summed E-state index contributed by atoms with van der Waals surface area (Å²) >= 11 is 0. The van der Waals surface area contributed by atoms with Gasteiger partial charge in [-0.15, -0.1) is 0 Å². The summed E-state index contributed by atoms with van der Waals surface area (Å²) in [7, 11) is 0. The Balaban J connectivity index is 0.863. The summed E-state index contributed by atoms with van der Waals surface area (Å²) < 4.78 is 14.1. The molecule has 6 heteroatoms. The van der Waals surface area contributed by atoms with Gasteiger partial charge in [0.2, 0.25) is 0 Å². The van der Waals surface area contributed by atoms with Crippen LogP contribution >= 0.6 is 0 Å². The number of rotatable bonds is 7. The SMILES string of the molecule is CC1C2=C3C(C)(c4ccccc4N4c5ccccc5C(=CC2(C)c2ccc5oc6cccc(-c7nc(-c8ccccc8)nc(-c8cccc(-c9cc(-c%10ccccc%10)cc(-c%10ccccc%10)c9)c8)n7)c6c5c2)C34C)c2oc3ccccc3c21. The van der Waals surface area contributed by atoms with E-state index < -0.39 is 16.4 Å². The molecule has 0 spiro atoms. The van der Waals surface area contributed by atoms with Crippen molar-refractivity contribution < 1.29 is 8.83 Å². The van der Waals surface area contributed by atoms with Crippen LogP contribution in [0, 0.1) is 0 Å². The molecule has 4 atom stereocenters. The van der Waals surface area contributed by atoms with Crippen molar-refractivity contribution >= 4 is 49.9 Å². The third-order valence-electron chi connectivity index (χ3n) is 18.9. The molecule has 0 bridgehead atoms. The molecule has 394 valence electrons. The maximum absolute atomic E-state index is 7.23. The van der Waals surface area contributed by atoms with Gasteiger partial charge >= 0.3 is 0 Å². The molecule has 0 amide bonds. The highest BCUT2D eigenvalue weighted by molar-refractivity contribution is 6.12. The third kappa shape index (κ3) is 6.69. The van der Waals surface area contributed by atoms with Crippen LogP contribution in [0.15, 0.2) is 269 Å². The van der Waals surface area contributed by atoms with Gasteiger partial charge in [-0.3, -0.25) is 0 Å². The highest BCUT2D eigenvalue weighted by atomic mass is 16.3. The molecule has 2 aliphatic carbocycles. The lowest BCUT2D eigenvalue weighted by atomic mass is 9.49. The van der Waals surface area contributed by atoms with Crippen molar-refractivity contribution in [3.8, 4) is 67.5 Å². The van der Waals surface area contributed by atoms with Gasteiger partial charge in [-0.2, -0.15) is 0 Å². The van der Waals surface area contributed by atoms with Crippen molar-refractivity contribution in [3.63, 3.8) is 0 Å². The Kier molecular flexibility index (Phi) is 9.99. The number of benzene rings is 10. The first-order valence-corrected chi connectivity index (χ1v) is 28.8. The number of nitrogens with zero attached hydrogens (tertiary/aromatic N) is 4. The molecular weight excluding hydrogens is 1010 g/mol. The number of allylic oxidation sites excluding steroid dienone is 2. The molecule has 83 heavy (non-hydrogen) atoms. The Labute approximate surface area is 481 Å². The lowest BCUT2D eigenvalue weighted by Gasteiger charge is -2.59. The highest BCUT2D eigenvalue weighted by Gasteiger charge is 2.65. The number of furan rings is 2. The number of hydrogen-bond acceptors (Lipinski definition) is 6. The number of anilines is 2. The summed E-state index contributed by atoms with van der Waals surface area (Å²) in [5, 5.41) is 3.14. The molecule has 0 saturated heterocycles. The Hall–Kier alpha value is -10.2. The minimum atomic E-state index is -0.593. The van der Waals surface area contributed by atoms with Crippen LogP contribution in [0.25, 0.3) is 106 Å². The van der Waals surface area contributed by atoms with E-state index in [1.165, 1.54) is 55.7 Å². The van der Waals surface area contributed by atoms with Crippen LogP contribution in [0.3, 0.4) is 0 Å². The molecule has 0 saturated carbocycles. The van der Waals surface area contributed by atoms with Crippen LogP contribution in [0.2, 0.25) is 0 Å². The summed E-state index contributed by atoms with van der Waals surface area (Å²) in [6.07, 6.45) is 2.62. The van der Waals surface area contributed by atoms with Gasteiger partial charge in [-0.05, 0) is 143 Å². The molecule has 0 radical (unpaired) electrons. The van der Waals surface area contributed by atoms with E-state index in [1.807, 2.05) is 18.2 Å². The number of fused-ring (bicyclic) bond motifs is 13. The van der Waals surface area contributed by atoms with Crippen molar-refractivity contribution in [2.75, 3.05) is 4.90 Å². The third-order valence-corrected chi connectivity index (χ3v) is 18.9. The van der Waals surface area contributed by atoms with Crippen molar-refractivity contribution in [2.24, 2.45) is 0 Å². The smallest absolute Gasteiger partial charge is 0.164 e. The largest absolute Gasteiger partial charge is 0.459 e. The number of hydrogen-bond donors (Lipinski definition) is 0. The van der Waals surface area contributed by atoms with E-state index in [1.54, 1.807) is 0 Å². The maximum atomic E-state index is 7.23. The van der Waals surface area contributed by atoms with Gasteiger partial charge < -0.3 is 13.7 Å². The Morgan fingerprint density at radius 2 is 0.964 bits per heavy atom. The van der Waals surface area contributed by atoms with E-state index in [0.29, 0.717) is 17.5 Å². The van der Waals surface area contributed by atoms with E-state index in [9.17, 15) is 0 Å². The second kappa shape index (κ2) is 17.4. The maximum Gasteiger partial charge on any atom is 0.164 e. The molecule has 13 aromatic rings. The van der Waals surface area contributed by atoms with Crippen LogP contribution in [0.1, 0.15) is 61.6 Å². The van der Waals surface area contributed by atoms with Crippen LogP contribution in [-0.2, 0) is 10.8 Å². The molecule has 3 aromatic heterocycles. The average Bonchev–Trinajstić information content (AvgIpc) is 2.59. The predicted octanol–water partition coefficient (Wildman–Crippen LogP) is 19.5. The van der Waals surface area contributed by atoms with E-state index in [-0.39, 0.29) is 5.92 Å². The van der Waals surface area contributed by atoms with E-state index in [2.05, 4.69) is 263 Å². The van der Waals surface area contributed by atoms with Gasteiger partial charge in [0.15, 0.2) is 17.5 Å². The van der Waals surface area contributed by atoms with Gasteiger partial charge in [-0.25, -0.2) is 15.0 Å². The van der Waals surface area contributed by atoms with E-state index in [0.717, 1.165) is 83.4 Å². The van der Waals surface area contributed by atoms with Crippen molar-refractivity contribution in [2.45, 2.75) is 50.0 Å². The van der Waals surface area contributed by atoms with Gasteiger partial charge in [0.25, 0.3) is 0 Å². The fourth-order valence-electron chi connectivity index (χ4n) is 15.3. The Morgan fingerprint density at radius 3 is 1.71 bits per heavy atom. The summed E-state index contributed by atoms with van der Waals surface area (Å²) in [6.45, 7) is 9.79. The minimum Gasteiger partial charge on any atom is -0.459 e. The molecule has 2 aliphatic heterocycles. The van der Waals surface area contributed by atoms with Crippen molar-refractivity contribution in [1.29, 1.82) is 0 Å². The molecule has 0 fully saturated rings. The fourth-order valence-corrected chi connectivity index (χ4v) is 15.3. The summed E-state index contributed by atoms with van der Waals surface area (Å²) in [5.74, 6) is 2.81. The first-order valence-electron chi connectivity index (χ1n) is 28.8. The molecule has 4 unspecified atom stereocenters. The van der Waals surface area contributed by atoms with Gasteiger partial charge in [0.05, 0.1) is 11.0 Å². The molecule has 4 aliphatic rings.